The minimum Gasteiger partial charge on any atom is -0.392 e. The van der Waals surface area contributed by atoms with Gasteiger partial charge in [-0.25, -0.2) is 0 Å². The molecule has 11 heavy (non-hydrogen) atoms. The average molecular weight is 151 g/mol. The van der Waals surface area contributed by atoms with Gasteiger partial charge in [0.05, 0.1) is 12.2 Å². The van der Waals surface area contributed by atoms with Crippen molar-refractivity contribution in [3.05, 3.63) is 36.5 Å². The van der Waals surface area contributed by atoms with Crippen molar-refractivity contribution in [3.63, 3.8) is 0 Å². The highest BCUT2D eigenvalue weighted by atomic mass is 16.3. The van der Waals surface area contributed by atoms with Crippen molar-refractivity contribution >= 4 is 0 Å². The third kappa shape index (κ3) is 5.53. The number of aliphatic hydroxyl groups excluding tert-OH is 1. The van der Waals surface area contributed by atoms with E-state index in [0.29, 0.717) is 0 Å². The van der Waals surface area contributed by atoms with Crippen LogP contribution in [0, 0.1) is 6.58 Å². The molecule has 0 aromatic rings. The summed E-state index contributed by atoms with van der Waals surface area (Å²) in [6.45, 7) is 11.0. The predicted octanol–water partition coefficient (Wildman–Crippen LogP) is 2.25. The smallest absolute Gasteiger partial charge is 0.154 e. The van der Waals surface area contributed by atoms with Crippen LogP contribution in [-0.2, 0) is 0 Å². The van der Waals surface area contributed by atoms with E-state index in [4.69, 9.17) is 11.7 Å². The van der Waals surface area contributed by atoms with Gasteiger partial charge in [-0.2, -0.15) is 0 Å². The van der Waals surface area contributed by atoms with Gasteiger partial charge in [-0.05, 0) is 19.9 Å². The Bertz CT molecular complexity index is 166. The van der Waals surface area contributed by atoms with Crippen LogP contribution >= 0.6 is 0 Å². The van der Waals surface area contributed by atoms with Crippen LogP contribution in [0.15, 0.2) is 29.9 Å². The van der Waals surface area contributed by atoms with Crippen molar-refractivity contribution in [2.24, 2.45) is 0 Å². The molecule has 0 spiro atoms. The van der Waals surface area contributed by atoms with E-state index in [-0.39, 0.29) is 6.61 Å². The summed E-state index contributed by atoms with van der Waals surface area (Å²) < 4.78 is 0. The minimum atomic E-state index is 0.138. The van der Waals surface area contributed by atoms with E-state index in [1.807, 2.05) is 13.0 Å². The highest BCUT2D eigenvalue weighted by Gasteiger charge is 1.94. The number of hydrogen-bond acceptors (Lipinski definition) is 1. The summed E-state index contributed by atoms with van der Waals surface area (Å²) in [5, 5.41) is 8.63. The number of aliphatic hydroxyl groups is 1. The SMILES string of the molecule is [CH+]=CC(=C)CC/C=C(\C)CO. The summed E-state index contributed by atoms with van der Waals surface area (Å²) in [5.41, 5.74) is 1.93. The first-order chi connectivity index (χ1) is 5.20. The second kappa shape index (κ2) is 5.84. The lowest BCUT2D eigenvalue weighted by atomic mass is 10.1. The van der Waals surface area contributed by atoms with E-state index in [0.717, 1.165) is 24.0 Å². The molecule has 1 heteroatoms. The summed E-state index contributed by atoms with van der Waals surface area (Å²) in [6, 6.07) is 0. The molecule has 0 heterocycles. The zero-order valence-electron chi connectivity index (χ0n) is 7.01. The van der Waals surface area contributed by atoms with Crippen molar-refractivity contribution in [2.45, 2.75) is 19.8 Å². The van der Waals surface area contributed by atoms with Gasteiger partial charge in [0.25, 0.3) is 0 Å². The molecule has 0 aliphatic rings. The van der Waals surface area contributed by atoms with Gasteiger partial charge in [0.1, 0.15) is 0 Å². The second-order valence-corrected chi connectivity index (χ2v) is 2.57. The van der Waals surface area contributed by atoms with E-state index < -0.39 is 0 Å². The van der Waals surface area contributed by atoms with Crippen LogP contribution in [0.25, 0.3) is 0 Å². The van der Waals surface area contributed by atoms with E-state index >= 15 is 0 Å². The molecule has 0 saturated carbocycles. The molecule has 0 amide bonds. The summed E-state index contributed by atoms with van der Waals surface area (Å²) in [6.07, 6.45) is 5.28. The van der Waals surface area contributed by atoms with Crippen molar-refractivity contribution < 1.29 is 5.11 Å². The van der Waals surface area contributed by atoms with Gasteiger partial charge >= 0.3 is 0 Å². The predicted molar refractivity (Wildman–Crippen MR) is 48.1 cm³/mol. The van der Waals surface area contributed by atoms with Crippen LogP contribution in [0.1, 0.15) is 19.8 Å². The normalized spacial score (nSPS) is 11.2. The van der Waals surface area contributed by atoms with Crippen molar-refractivity contribution in [3.8, 4) is 0 Å². The molecule has 0 fully saturated rings. The van der Waals surface area contributed by atoms with Crippen molar-refractivity contribution in [2.75, 3.05) is 6.61 Å². The molecular formula is C10H15O+. The maximum Gasteiger partial charge on any atom is 0.154 e. The zero-order chi connectivity index (χ0) is 8.69. The number of rotatable bonds is 5. The first-order valence-electron chi connectivity index (χ1n) is 3.70. The Labute approximate surface area is 68.7 Å². The molecule has 0 atom stereocenters. The van der Waals surface area contributed by atoms with E-state index in [1.165, 1.54) is 6.08 Å². The van der Waals surface area contributed by atoms with Crippen LogP contribution in [0.3, 0.4) is 0 Å². The quantitative estimate of drug-likeness (QED) is 0.363. The zero-order valence-corrected chi connectivity index (χ0v) is 7.01. The maximum absolute atomic E-state index is 8.63. The minimum absolute atomic E-state index is 0.138. The van der Waals surface area contributed by atoms with Crippen LogP contribution in [0.2, 0.25) is 0 Å². The summed E-state index contributed by atoms with van der Waals surface area (Å²) in [7, 11) is 0. The first kappa shape index (κ1) is 10.1. The van der Waals surface area contributed by atoms with Gasteiger partial charge < -0.3 is 5.11 Å². The molecule has 0 aromatic heterocycles. The highest BCUT2D eigenvalue weighted by Crippen LogP contribution is 2.05. The summed E-state index contributed by atoms with van der Waals surface area (Å²) in [5.74, 6) is 0. The van der Waals surface area contributed by atoms with Gasteiger partial charge in [0.15, 0.2) is 6.08 Å². The molecule has 0 saturated heterocycles. The van der Waals surface area contributed by atoms with Gasteiger partial charge in [-0.15, -0.1) is 0 Å². The standard InChI is InChI=1S/C10H15O/c1-4-9(2)6-5-7-10(3)8-11/h1,4,7,11H,2,5-6,8H2,3H3/q+1/b10-7+. The van der Waals surface area contributed by atoms with E-state index in [1.54, 1.807) is 0 Å². The number of hydrogen-bond donors (Lipinski definition) is 1. The lowest BCUT2D eigenvalue weighted by molar-refractivity contribution is 0.331. The Morgan fingerprint density at radius 1 is 1.64 bits per heavy atom. The first-order valence-corrected chi connectivity index (χ1v) is 3.70. The van der Waals surface area contributed by atoms with Crippen LogP contribution < -0.4 is 0 Å². The van der Waals surface area contributed by atoms with Crippen molar-refractivity contribution in [1.29, 1.82) is 0 Å². The molecule has 1 nitrogen and oxygen atoms in total. The molecule has 0 unspecified atom stereocenters. The molecule has 0 bridgehead atoms. The van der Waals surface area contributed by atoms with Crippen LogP contribution in [0.4, 0.5) is 0 Å². The Balaban J connectivity index is 3.55. The topological polar surface area (TPSA) is 20.2 Å². The Morgan fingerprint density at radius 3 is 2.73 bits per heavy atom. The molecule has 0 aliphatic carbocycles. The Morgan fingerprint density at radius 2 is 2.27 bits per heavy atom. The Hall–Kier alpha value is -0.910. The molecule has 60 valence electrons. The Kier molecular flexibility index (Phi) is 5.36. The molecule has 1 N–H and O–H groups in total. The van der Waals surface area contributed by atoms with Crippen LogP contribution in [-0.4, -0.2) is 11.7 Å². The van der Waals surface area contributed by atoms with Gasteiger partial charge in [0, 0.05) is 13.0 Å². The fraction of sp³-hybridized carbons (Fsp3) is 0.400. The number of allylic oxidation sites excluding steroid dienone is 3. The van der Waals surface area contributed by atoms with Gasteiger partial charge in [0.2, 0.25) is 0 Å². The van der Waals surface area contributed by atoms with Gasteiger partial charge in [-0.1, -0.05) is 11.6 Å². The van der Waals surface area contributed by atoms with Crippen LogP contribution in [0.5, 0.6) is 0 Å². The lowest BCUT2D eigenvalue weighted by Gasteiger charge is -1.92. The summed E-state index contributed by atoms with van der Waals surface area (Å²) >= 11 is 0. The third-order valence-electron chi connectivity index (χ3n) is 1.44. The molecular weight excluding hydrogens is 136 g/mol. The fourth-order valence-electron chi connectivity index (χ4n) is 0.652. The fourth-order valence-corrected chi connectivity index (χ4v) is 0.652. The average Bonchev–Trinajstić information content (AvgIpc) is 2.04. The van der Waals surface area contributed by atoms with Gasteiger partial charge in [-0.3, -0.25) is 0 Å². The lowest BCUT2D eigenvalue weighted by Crippen LogP contribution is -1.83. The molecule has 0 rings (SSSR count). The summed E-state index contributed by atoms with van der Waals surface area (Å²) in [4.78, 5) is 0. The second-order valence-electron chi connectivity index (χ2n) is 2.57. The van der Waals surface area contributed by atoms with Crippen molar-refractivity contribution in [1.82, 2.24) is 0 Å². The largest absolute Gasteiger partial charge is 0.392 e. The highest BCUT2D eigenvalue weighted by molar-refractivity contribution is 5.11. The third-order valence-corrected chi connectivity index (χ3v) is 1.44. The monoisotopic (exact) mass is 151 g/mol. The molecule has 0 aromatic carbocycles. The molecule has 0 radical (unpaired) electrons. The maximum atomic E-state index is 8.63. The van der Waals surface area contributed by atoms with E-state index in [2.05, 4.69) is 6.58 Å². The molecule has 0 aliphatic heterocycles. The van der Waals surface area contributed by atoms with E-state index in [9.17, 15) is 0 Å².